The van der Waals surface area contributed by atoms with Crippen molar-refractivity contribution in [1.29, 1.82) is 0 Å². The monoisotopic (exact) mass is 400 g/mol. The lowest BCUT2D eigenvalue weighted by Crippen LogP contribution is -2.55. The molecule has 1 saturated heterocycles. The van der Waals surface area contributed by atoms with Gasteiger partial charge in [0.2, 0.25) is 0 Å². The zero-order chi connectivity index (χ0) is 21.3. The van der Waals surface area contributed by atoms with Crippen LogP contribution in [0.1, 0.15) is 46.3 Å². The van der Waals surface area contributed by atoms with Gasteiger partial charge < -0.3 is 19.7 Å². The number of allylic oxidation sites excluding steroid dienone is 1. The molecule has 1 aliphatic heterocycles. The first-order chi connectivity index (χ1) is 13.7. The second-order valence-electron chi connectivity index (χ2n) is 9.34. The Bertz CT molecular complexity index is 756. The quantitative estimate of drug-likeness (QED) is 0.722. The number of carbonyl (C=O) groups is 1. The summed E-state index contributed by atoms with van der Waals surface area (Å²) in [7, 11) is 4.10. The first-order valence-corrected chi connectivity index (χ1v) is 10.7. The summed E-state index contributed by atoms with van der Waals surface area (Å²) in [5, 5.41) is 2.82. The Morgan fingerprint density at radius 1 is 1.28 bits per heavy atom. The summed E-state index contributed by atoms with van der Waals surface area (Å²) in [6.45, 7) is 11.6. The summed E-state index contributed by atoms with van der Waals surface area (Å²) in [5.41, 5.74) is 3.56. The van der Waals surface area contributed by atoms with E-state index in [0.29, 0.717) is 19.1 Å². The van der Waals surface area contributed by atoms with Crippen molar-refractivity contribution in [2.45, 2.75) is 46.8 Å². The molecule has 29 heavy (non-hydrogen) atoms. The van der Waals surface area contributed by atoms with E-state index < -0.39 is 0 Å². The van der Waals surface area contributed by atoms with Crippen molar-refractivity contribution in [3.05, 3.63) is 41.5 Å². The van der Waals surface area contributed by atoms with Crippen molar-refractivity contribution in [1.82, 2.24) is 5.32 Å². The highest BCUT2D eigenvalue weighted by Crippen LogP contribution is 2.56. The van der Waals surface area contributed by atoms with Gasteiger partial charge in [0.1, 0.15) is 6.61 Å². The van der Waals surface area contributed by atoms with Gasteiger partial charge in [0.05, 0.1) is 12.7 Å². The van der Waals surface area contributed by atoms with Crippen LogP contribution in [0.2, 0.25) is 0 Å². The van der Waals surface area contributed by atoms with Crippen LogP contribution >= 0.6 is 0 Å². The number of hydrogen-bond donors (Lipinski definition) is 1. The SMILES string of the molecule is CC1=C[C@@H](C)[C@]2(COC(=O)NC(C)C)CO[C@H](c3ccc(N(C)C)cc3)[C@@H]1[C@@H]2C. The Balaban J connectivity index is 1.83. The van der Waals surface area contributed by atoms with E-state index in [1.807, 2.05) is 27.9 Å². The van der Waals surface area contributed by atoms with Gasteiger partial charge in [-0.1, -0.05) is 37.6 Å². The minimum Gasteiger partial charge on any atom is -0.449 e. The number of fused-ring (bicyclic) bond motifs is 2. The summed E-state index contributed by atoms with van der Waals surface area (Å²) in [4.78, 5) is 14.2. The second-order valence-corrected chi connectivity index (χ2v) is 9.34. The minimum absolute atomic E-state index is 0.0302. The summed E-state index contributed by atoms with van der Waals surface area (Å²) in [5.74, 6) is 0.918. The molecule has 3 rings (SSSR count). The average molecular weight is 401 g/mol. The van der Waals surface area contributed by atoms with Crippen molar-refractivity contribution < 1.29 is 14.3 Å². The van der Waals surface area contributed by atoms with Crippen LogP contribution in [0.3, 0.4) is 0 Å². The van der Waals surface area contributed by atoms with Gasteiger partial charge in [0, 0.05) is 37.2 Å². The molecule has 1 amide bonds. The average Bonchev–Trinajstić information content (AvgIpc) is 2.65. The number of nitrogens with zero attached hydrogens (tertiary/aromatic N) is 1. The van der Waals surface area contributed by atoms with E-state index in [2.05, 4.69) is 61.3 Å². The normalized spacial score (nSPS) is 31.2. The molecule has 0 radical (unpaired) electrons. The molecule has 0 unspecified atom stereocenters. The van der Waals surface area contributed by atoms with Crippen molar-refractivity contribution in [3.8, 4) is 0 Å². The molecular weight excluding hydrogens is 364 g/mol. The molecule has 5 heteroatoms. The number of alkyl carbamates (subject to hydrolysis) is 1. The van der Waals surface area contributed by atoms with Crippen molar-refractivity contribution in [2.75, 3.05) is 32.2 Å². The van der Waals surface area contributed by atoms with E-state index in [9.17, 15) is 4.79 Å². The zero-order valence-electron chi connectivity index (χ0n) is 18.9. The van der Waals surface area contributed by atoms with E-state index in [1.165, 1.54) is 16.8 Å². The van der Waals surface area contributed by atoms with Crippen LogP contribution < -0.4 is 10.2 Å². The van der Waals surface area contributed by atoms with Crippen molar-refractivity contribution in [3.63, 3.8) is 0 Å². The molecule has 1 fully saturated rings. The highest BCUT2D eigenvalue weighted by atomic mass is 16.6. The third-order valence-electron chi connectivity index (χ3n) is 6.87. The smallest absolute Gasteiger partial charge is 0.407 e. The molecule has 160 valence electrons. The van der Waals surface area contributed by atoms with E-state index >= 15 is 0 Å². The number of nitrogens with one attached hydrogen (secondary N) is 1. The molecule has 0 aromatic heterocycles. The molecule has 2 aliphatic rings. The largest absolute Gasteiger partial charge is 0.449 e. The highest BCUT2D eigenvalue weighted by molar-refractivity contribution is 5.67. The molecule has 2 bridgehead atoms. The van der Waals surface area contributed by atoms with E-state index in [-0.39, 0.29) is 35.5 Å². The van der Waals surface area contributed by atoms with Gasteiger partial charge >= 0.3 is 6.09 Å². The van der Waals surface area contributed by atoms with Crippen LogP contribution in [-0.2, 0) is 9.47 Å². The summed E-state index contributed by atoms with van der Waals surface area (Å²) < 4.78 is 12.2. The van der Waals surface area contributed by atoms with Gasteiger partial charge in [-0.25, -0.2) is 4.79 Å². The maximum atomic E-state index is 12.1. The van der Waals surface area contributed by atoms with Crippen LogP contribution in [0.15, 0.2) is 35.9 Å². The van der Waals surface area contributed by atoms with E-state index in [1.54, 1.807) is 0 Å². The fraction of sp³-hybridized carbons (Fsp3) is 0.625. The number of rotatable bonds is 5. The van der Waals surface area contributed by atoms with Gasteiger partial charge in [0.25, 0.3) is 0 Å². The predicted molar refractivity (Wildman–Crippen MR) is 117 cm³/mol. The molecule has 1 aromatic carbocycles. The molecule has 5 nitrogen and oxygen atoms in total. The Labute approximate surface area is 175 Å². The lowest BCUT2D eigenvalue weighted by Gasteiger charge is -2.55. The Kier molecular flexibility index (Phi) is 6.27. The number of ether oxygens (including phenoxy) is 2. The molecule has 1 aromatic rings. The van der Waals surface area contributed by atoms with E-state index in [0.717, 1.165) is 0 Å². The molecular formula is C24H36N2O3. The third-order valence-corrected chi connectivity index (χ3v) is 6.87. The maximum Gasteiger partial charge on any atom is 0.407 e. The fourth-order valence-electron chi connectivity index (χ4n) is 5.00. The molecule has 1 N–H and O–H groups in total. The molecule has 1 aliphatic carbocycles. The van der Waals surface area contributed by atoms with Crippen LogP contribution in [0.4, 0.5) is 10.5 Å². The third kappa shape index (κ3) is 4.16. The number of carbonyl (C=O) groups excluding carboxylic acids is 1. The topological polar surface area (TPSA) is 50.8 Å². The van der Waals surface area contributed by atoms with Crippen molar-refractivity contribution >= 4 is 11.8 Å². The first kappa shape index (κ1) is 21.7. The van der Waals surface area contributed by atoms with Gasteiger partial charge in [-0.15, -0.1) is 0 Å². The second kappa shape index (κ2) is 8.39. The minimum atomic E-state index is -0.349. The van der Waals surface area contributed by atoms with E-state index in [4.69, 9.17) is 9.47 Å². The Hall–Kier alpha value is -2.01. The Morgan fingerprint density at radius 2 is 1.93 bits per heavy atom. The van der Waals surface area contributed by atoms with Crippen LogP contribution in [-0.4, -0.2) is 39.4 Å². The predicted octanol–water partition coefficient (Wildman–Crippen LogP) is 4.79. The standard InChI is InChI=1S/C24H36N2O3/c1-15(2)25-23(27)29-14-24-13-28-22(19-8-10-20(11-9-19)26(6)7)21(18(24)5)16(3)12-17(24)4/h8-12,15,17-18,21-22H,13-14H2,1-7H3,(H,25,27)/t17-,18+,21+,22-,24-/m1/s1. The first-order valence-electron chi connectivity index (χ1n) is 10.7. The van der Waals surface area contributed by atoms with Gasteiger partial charge in [-0.05, 0) is 50.3 Å². The van der Waals surface area contributed by atoms with Crippen LogP contribution in [0.5, 0.6) is 0 Å². The van der Waals surface area contributed by atoms with Gasteiger partial charge in [-0.3, -0.25) is 0 Å². The number of benzene rings is 1. The summed E-state index contributed by atoms with van der Waals surface area (Å²) >= 11 is 0. The number of amides is 1. The van der Waals surface area contributed by atoms with Crippen LogP contribution in [0.25, 0.3) is 0 Å². The fourth-order valence-corrected chi connectivity index (χ4v) is 5.00. The highest BCUT2D eigenvalue weighted by Gasteiger charge is 2.54. The number of hydrogen-bond acceptors (Lipinski definition) is 4. The lowest BCUT2D eigenvalue weighted by molar-refractivity contribution is -0.165. The summed E-state index contributed by atoms with van der Waals surface area (Å²) in [6, 6.07) is 8.72. The molecule has 1 heterocycles. The number of anilines is 1. The zero-order valence-corrected chi connectivity index (χ0v) is 18.9. The molecule has 5 atom stereocenters. The van der Waals surface area contributed by atoms with Crippen molar-refractivity contribution in [2.24, 2.45) is 23.2 Å². The summed E-state index contributed by atoms with van der Waals surface area (Å²) in [6.07, 6.45) is 2.04. The van der Waals surface area contributed by atoms with Gasteiger partial charge in [-0.2, -0.15) is 0 Å². The maximum absolute atomic E-state index is 12.1. The molecule has 0 saturated carbocycles. The Morgan fingerprint density at radius 3 is 2.52 bits per heavy atom. The van der Waals surface area contributed by atoms with Gasteiger partial charge in [0.15, 0.2) is 0 Å². The van der Waals surface area contributed by atoms with Crippen LogP contribution in [0, 0.1) is 23.2 Å². The lowest BCUT2D eigenvalue weighted by atomic mass is 9.56. The molecule has 0 spiro atoms.